The number of carbonyl (C=O) groups excluding carboxylic acids is 1. The molecule has 4 rings (SSSR count). The van der Waals surface area contributed by atoms with Crippen molar-refractivity contribution in [1.82, 2.24) is 24.3 Å². The lowest BCUT2D eigenvalue weighted by Gasteiger charge is -2.13. The molecule has 1 aromatic carbocycles. The molecule has 0 atom stereocenters. The van der Waals surface area contributed by atoms with Gasteiger partial charge in [-0.15, -0.1) is 11.3 Å². The summed E-state index contributed by atoms with van der Waals surface area (Å²) < 4.78 is 2.42. The van der Waals surface area contributed by atoms with E-state index in [9.17, 15) is 14.4 Å². The molecule has 0 radical (unpaired) electrons. The van der Waals surface area contributed by atoms with E-state index in [2.05, 4.69) is 20.5 Å². The van der Waals surface area contributed by atoms with Gasteiger partial charge in [-0.05, 0) is 19.1 Å². The Morgan fingerprint density at radius 2 is 2.07 bits per heavy atom. The van der Waals surface area contributed by atoms with Gasteiger partial charge in [0.05, 0.1) is 22.8 Å². The lowest BCUT2D eigenvalue weighted by molar-refractivity contribution is -0.116. The number of hydrogen-bond acceptors (Lipinski definition) is 6. The predicted octanol–water partition coefficient (Wildman–Crippen LogP) is 1.67. The van der Waals surface area contributed by atoms with Gasteiger partial charge in [0.1, 0.15) is 17.2 Å². The van der Waals surface area contributed by atoms with E-state index in [0.717, 1.165) is 4.57 Å². The summed E-state index contributed by atoms with van der Waals surface area (Å²) in [5, 5.41) is 12.4. The van der Waals surface area contributed by atoms with Gasteiger partial charge in [0.2, 0.25) is 5.91 Å². The molecule has 1 amide bonds. The van der Waals surface area contributed by atoms with E-state index in [-0.39, 0.29) is 18.6 Å². The number of nitrogens with one attached hydrogen (secondary N) is 2. The van der Waals surface area contributed by atoms with Crippen LogP contribution >= 0.6 is 11.3 Å². The van der Waals surface area contributed by atoms with Crippen molar-refractivity contribution < 1.29 is 4.79 Å². The first kappa shape index (κ1) is 17.9. The van der Waals surface area contributed by atoms with Gasteiger partial charge in [-0.1, -0.05) is 12.1 Å². The first-order valence-electron chi connectivity index (χ1n) is 8.55. The number of amides is 1. The van der Waals surface area contributed by atoms with E-state index < -0.39 is 11.6 Å². The van der Waals surface area contributed by atoms with Crippen LogP contribution in [0.25, 0.3) is 21.6 Å². The smallest absolute Gasteiger partial charge is 0.321 e. The monoisotopic (exact) mass is 396 g/mol. The number of aromatic nitrogens is 5. The molecule has 142 valence electrons. The number of rotatable bonds is 5. The van der Waals surface area contributed by atoms with Crippen molar-refractivity contribution in [2.45, 2.75) is 20.0 Å². The minimum absolute atomic E-state index is 0.222. The Kier molecular flexibility index (Phi) is 4.62. The molecule has 0 bridgehead atoms. The average Bonchev–Trinajstić information content (AvgIpc) is 3.37. The lowest BCUT2D eigenvalue weighted by Crippen LogP contribution is -2.41. The zero-order valence-corrected chi connectivity index (χ0v) is 15.7. The fourth-order valence-corrected chi connectivity index (χ4v) is 3.67. The molecule has 28 heavy (non-hydrogen) atoms. The Morgan fingerprint density at radius 3 is 2.82 bits per heavy atom. The number of benzene rings is 1. The highest BCUT2D eigenvalue weighted by Crippen LogP contribution is 2.26. The second-order valence-electron chi connectivity index (χ2n) is 5.98. The predicted molar refractivity (Wildman–Crippen MR) is 106 cm³/mol. The van der Waals surface area contributed by atoms with Crippen molar-refractivity contribution in [2.75, 3.05) is 5.32 Å². The first-order valence-corrected chi connectivity index (χ1v) is 9.43. The standard InChI is InChI=1S/C18H16N6O3S/c1-2-23-17(26)11-5-3-4-6-13(11)24(18(23)27)10-14(25)21-12-9-20-22-15(12)16-19-7-8-28-16/h3-9H,2,10H2,1H3,(H,20,22)(H,21,25). The second kappa shape index (κ2) is 7.24. The number of H-pyrrole nitrogens is 1. The molecule has 9 nitrogen and oxygen atoms in total. The molecule has 0 saturated heterocycles. The van der Waals surface area contributed by atoms with Crippen LogP contribution in [0.2, 0.25) is 0 Å². The second-order valence-corrected chi connectivity index (χ2v) is 6.87. The molecule has 3 heterocycles. The summed E-state index contributed by atoms with van der Waals surface area (Å²) in [6.07, 6.45) is 3.15. The lowest BCUT2D eigenvalue weighted by atomic mass is 10.2. The van der Waals surface area contributed by atoms with Gasteiger partial charge in [-0.2, -0.15) is 5.10 Å². The van der Waals surface area contributed by atoms with Crippen LogP contribution in [0.1, 0.15) is 6.92 Å². The molecule has 2 N–H and O–H groups in total. The van der Waals surface area contributed by atoms with Crippen LogP contribution < -0.4 is 16.6 Å². The van der Waals surface area contributed by atoms with Crippen LogP contribution in [0.3, 0.4) is 0 Å². The zero-order chi connectivity index (χ0) is 19.7. The van der Waals surface area contributed by atoms with E-state index in [1.807, 2.05) is 5.38 Å². The highest BCUT2D eigenvalue weighted by Gasteiger charge is 2.17. The Labute approximate surface area is 162 Å². The van der Waals surface area contributed by atoms with Crippen molar-refractivity contribution in [3.63, 3.8) is 0 Å². The van der Waals surface area contributed by atoms with Gasteiger partial charge >= 0.3 is 5.69 Å². The van der Waals surface area contributed by atoms with E-state index in [4.69, 9.17) is 0 Å². The average molecular weight is 396 g/mol. The Hall–Kier alpha value is -3.53. The number of anilines is 1. The fourth-order valence-electron chi connectivity index (χ4n) is 3.03. The first-order chi connectivity index (χ1) is 13.6. The zero-order valence-electron chi connectivity index (χ0n) is 14.9. The number of nitrogens with zero attached hydrogens (tertiary/aromatic N) is 4. The van der Waals surface area contributed by atoms with Gasteiger partial charge in [0.15, 0.2) is 0 Å². The summed E-state index contributed by atoms with van der Waals surface area (Å²) in [6, 6.07) is 6.76. The van der Waals surface area contributed by atoms with Crippen LogP contribution in [0.4, 0.5) is 5.69 Å². The van der Waals surface area contributed by atoms with Crippen molar-refractivity contribution in [3.05, 3.63) is 62.9 Å². The van der Waals surface area contributed by atoms with Crippen molar-refractivity contribution in [2.24, 2.45) is 0 Å². The highest BCUT2D eigenvalue weighted by molar-refractivity contribution is 7.13. The van der Waals surface area contributed by atoms with E-state index >= 15 is 0 Å². The molecule has 0 aliphatic heterocycles. The molecule has 10 heteroatoms. The highest BCUT2D eigenvalue weighted by atomic mass is 32.1. The maximum absolute atomic E-state index is 12.7. The molecule has 0 spiro atoms. The molecular weight excluding hydrogens is 380 g/mol. The third-order valence-corrected chi connectivity index (χ3v) is 5.10. The minimum atomic E-state index is -0.520. The molecular formula is C18H16N6O3S. The van der Waals surface area contributed by atoms with Gasteiger partial charge < -0.3 is 5.32 Å². The fraction of sp³-hybridized carbons (Fsp3) is 0.167. The molecule has 0 aliphatic carbocycles. The van der Waals surface area contributed by atoms with Crippen LogP contribution in [0.15, 0.2) is 51.6 Å². The Bertz CT molecular complexity index is 1270. The largest absolute Gasteiger partial charge is 0.331 e. The third-order valence-electron chi connectivity index (χ3n) is 4.31. The van der Waals surface area contributed by atoms with Crippen LogP contribution in [0.5, 0.6) is 0 Å². The van der Waals surface area contributed by atoms with Gasteiger partial charge in [-0.25, -0.2) is 9.78 Å². The van der Waals surface area contributed by atoms with Gasteiger partial charge in [0.25, 0.3) is 5.56 Å². The summed E-state index contributed by atoms with van der Waals surface area (Å²) in [6.45, 7) is 1.70. The van der Waals surface area contributed by atoms with Gasteiger partial charge in [0, 0.05) is 18.1 Å². The number of hydrogen-bond donors (Lipinski definition) is 2. The van der Waals surface area contributed by atoms with E-state index in [1.165, 1.54) is 22.1 Å². The summed E-state index contributed by atoms with van der Waals surface area (Å²) in [7, 11) is 0. The number of para-hydroxylation sites is 1. The van der Waals surface area contributed by atoms with E-state index in [1.54, 1.807) is 37.4 Å². The number of aromatic amines is 1. The van der Waals surface area contributed by atoms with Crippen molar-refractivity contribution in [1.29, 1.82) is 0 Å². The normalized spacial score (nSPS) is 11.0. The van der Waals surface area contributed by atoms with Gasteiger partial charge in [-0.3, -0.25) is 23.8 Å². The molecule has 0 saturated carbocycles. The molecule has 0 aliphatic rings. The summed E-state index contributed by atoms with van der Waals surface area (Å²) >= 11 is 1.41. The SMILES string of the molecule is CCn1c(=O)c2ccccc2n(CC(=O)Nc2cn[nH]c2-c2nccs2)c1=O. The van der Waals surface area contributed by atoms with Crippen LogP contribution in [-0.2, 0) is 17.9 Å². The number of fused-ring (bicyclic) bond motifs is 1. The number of carbonyl (C=O) groups is 1. The summed E-state index contributed by atoms with van der Waals surface area (Å²) in [5.41, 5.74) is 0.610. The molecule has 3 aromatic heterocycles. The third kappa shape index (κ3) is 3.03. The Morgan fingerprint density at radius 1 is 1.25 bits per heavy atom. The maximum atomic E-state index is 12.7. The summed E-state index contributed by atoms with van der Waals surface area (Å²) in [4.78, 5) is 42.1. The van der Waals surface area contributed by atoms with Crippen LogP contribution in [0, 0.1) is 0 Å². The van der Waals surface area contributed by atoms with Crippen LogP contribution in [-0.4, -0.2) is 30.2 Å². The van der Waals surface area contributed by atoms with Crippen molar-refractivity contribution >= 4 is 33.8 Å². The topological polar surface area (TPSA) is 115 Å². The van der Waals surface area contributed by atoms with Crippen molar-refractivity contribution in [3.8, 4) is 10.7 Å². The summed E-state index contributed by atoms with van der Waals surface area (Å²) in [5.74, 6) is -0.409. The molecule has 4 aromatic rings. The minimum Gasteiger partial charge on any atom is -0.321 e. The molecule has 0 unspecified atom stereocenters. The Balaban J connectivity index is 1.70. The maximum Gasteiger partial charge on any atom is 0.331 e. The molecule has 0 fully saturated rings. The number of thiazole rings is 1. The quantitative estimate of drug-likeness (QED) is 0.532. The van der Waals surface area contributed by atoms with E-state index in [0.29, 0.717) is 27.3 Å².